The maximum Gasteiger partial charge on any atom is 0.245 e. The number of carbonyl (C=O) groups is 1. The Kier molecular flexibility index (Phi) is 10.2. The van der Waals surface area contributed by atoms with E-state index in [0.717, 1.165) is 14.7 Å². The number of benzene rings is 2. The molecule has 1 amide bonds. The Labute approximate surface area is 236 Å². The number of hydrogen-bond donors (Lipinski definition) is 0. The van der Waals surface area contributed by atoms with Gasteiger partial charge in [0.25, 0.3) is 0 Å². The molecule has 0 saturated carbocycles. The zero-order chi connectivity index (χ0) is 27.1. The van der Waals surface area contributed by atoms with Crippen LogP contribution in [0.15, 0.2) is 64.9 Å². The molecular formula is C26H28Cl2FN3O4S2. The first-order valence-electron chi connectivity index (χ1n) is 12.0. The van der Waals surface area contributed by atoms with Crippen molar-refractivity contribution in [1.82, 2.24) is 14.1 Å². The lowest BCUT2D eigenvalue weighted by atomic mass is 10.2. The third kappa shape index (κ3) is 7.75. The normalized spacial score (nSPS) is 14.6. The second kappa shape index (κ2) is 13.3. The molecule has 1 aliphatic heterocycles. The Hall–Kier alpha value is -2.05. The maximum atomic E-state index is 13.8. The van der Waals surface area contributed by atoms with Crippen LogP contribution in [-0.2, 0) is 32.6 Å². The number of morpholine rings is 1. The van der Waals surface area contributed by atoms with Gasteiger partial charge in [0.2, 0.25) is 15.9 Å². The van der Waals surface area contributed by atoms with Crippen LogP contribution in [0.4, 0.5) is 4.39 Å². The van der Waals surface area contributed by atoms with Crippen LogP contribution in [0.1, 0.15) is 10.4 Å². The van der Waals surface area contributed by atoms with Gasteiger partial charge in [0.05, 0.1) is 31.3 Å². The fourth-order valence-corrected chi connectivity index (χ4v) is 6.90. The summed E-state index contributed by atoms with van der Waals surface area (Å²) in [5, 5.41) is 2.17. The largest absolute Gasteiger partial charge is 0.379 e. The molecule has 0 N–H and O–H groups in total. The molecule has 204 valence electrons. The number of amides is 1. The van der Waals surface area contributed by atoms with Crippen LogP contribution in [-0.4, -0.2) is 74.4 Å². The Morgan fingerprint density at radius 3 is 2.47 bits per heavy atom. The number of hydrogen-bond acceptors (Lipinski definition) is 6. The highest BCUT2D eigenvalue weighted by Crippen LogP contribution is 2.28. The lowest BCUT2D eigenvalue weighted by Crippen LogP contribution is -2.47. The van der Waals surface area contributed by atoms with Gasteiger partial charge in [-0.05, 0) is 47.3 Å². The summed E-state index contributed by atoms with van der Waals surface area (Å²) in [6.45, 7) is 3.11. The van der Waals surface area contributed by atoms with E-state index in [4.69, 9.17) is 27.9 Å². The van der Waals surface area contributed by atoms with Crippen molar-refractivity contribution >= 4 is 50.5 Å². The smallest absolute Gasteiger partial charge is 0.245 e. The van der Waals surface area contributed by atoms with Crippen LogP contribution < -0.4 is 0 Å². The highest BCUT2D eigenvalue weighted by Gasteiger charge is 2.31. The summed E-state index contributed by atoms with van der Waals surface area (Å²) in [7, 11) is -4.16. The molecule has 0 spiro atoms. The SMILES string of the molecule is O=C(CN(CCN1CCOCC1)S(=O)(=O)c1cc(Cl)ccc1Cl)N(Cc1ccc(F)cc1)Cc1cccs1. The van der Waals surface area contributed by atoms with Gasteiger partial charge in [-0.15, -0.1) is 11.3 Å². The second-order valence-electron chi connectivity index (χ2n) is 8.82. The summed E-state index contributed by atoms with van der Waals surface area (Å²) in [6.07, 6.45) is 0. The molecule has 0 aliphatic carbocycles. The van der Waals surface area contributed by atoms with Gasteiger partial charge in [-0.3, -0.25) is 9.69 Å². The molecule has 7 nitrogen and oxygen atoms in total. The van der Waals surface area contributed by atoms with Crippen LogP contribution >= 0.6 is 34.5 Å². The molecule has 1 aromatic heterocycles. The zero-order valence-corrected chi connectivity index (χ0v) is 23.7. The highest BCUT2D eigenvalue weighted by molar-refractivity contribution is 7.89. The number of thiophene rings is 1. The molecule has 38 heavy (non-hydrogen) atoms. The van der Waals surface area contributed by atoms with Crippen molar-refractivity contribution in [3.8, 4) is 0 Å². The van der Waals surface area contributed by atoms with E-state index in [0.29, 0.717) is 39.4 Å². The van der Waals surface area contributed by atoms with Crippen molar-refractivity contribution in [2.24, 2.45) is 0 Å². The predicted octanol–water partition coefficient (Wildman–Crippen LogP) is 4.75. The zero-order valence-electron chi connectivity index (χ0n) is 20.6. The summed E-state index contributed by atoms with van der Waals surface area (Å²) in [5.74, 6) is -0.755. The van der Waals surface area contributed by atoms with Crippen LogP contribution in [0.5, 0.6) is 0 Å². The molecule has 2 aromatic carbocycles. The third-order valence-corrected chi connectivity index (χ3v) is 9.58. The molecule has 2 heterocycles. The van der Waals surface area contributed by atoms with Crippen molar-refractivity contribution in [2.45, 2.75) is 18.0 Å². The van der Waals surface area contributed by atoms with Crippen LogP contribution in [0, 0.1) is 5.82 Å². The van der Waals surface area contributed by atoms with E-state index in [1.54, 1.807) is 17.0 Å². The van der Waals surface area contributed by atoms with E-state index in [2.05, 4.69) is 4.90 Å². The number of nitrogens with zero attached hydrogens (tertiary/aromatic N) is 3. The van der Waals surface area contributed by atoms with E-state index in [-0.39, 0.29) is 46.3 Å². The first-order valence-corrected chi connectivity index (χ1v) is 15.1. The summed E-state index contributed by atoms with van der Waals surface area (Å²) in [4.78, 5) is 18.2. The van der Waals surface area contributed by atoms with Gasteiger partial charge < -0.3 is 9.64 Å². The molecule has 0 atom stereocenters. The molecular weight excluding hydrogens is 572 g/mol. The van der Waals surface area contributed by atoms with E-state index in [1.807, 2.05) is 17.5 Å². The van der Waals surface area contributed by atoms with E-state index in [1.165, 1.54) is 41.7 Å². The van der Waals surface area contributed by atoms with E-state index in [9.17, 15) is 17.6 Å². The van der Waals surface area contributed by atoms with Crippen molar-refractivity contribution in [2.75, 3.05) is 45.9 Å². The molecule has 12 heteroatoms. The molecule has 0 unspecified atom stereocenters. The molecule has 1 saturated heterocycles. The van der Waals surface area contributed by atoms with Crippen LogP contribution in [0.3, 0.4) is 0 Å². The summed E-state index contributed by atoms with van der Waals surface area (Å²) < 4.78 is 47.6. The van der Waals surface area contributed by atoms with Crippen LogP contribution in [0.2, 0.25) is 10.0 Å². The fourth-order valence-electron chi connectivity index (χ4n) is 4.06. The summed E-state index contributed by atoms with van der Waals surface area (Å²) >= 11 is 13.9. The molecule has 1 fully saturated rings. The Morgan fingerprint density at radius 2 is 1.79 bits per heavy atom. The minimum Gasteiger partial charge on any atom is -0.379 e. The topological polar surface area (TPSA) is 70.2 Å². The van der Waals surface area contributed by atoms with Gasteiger partial charge in [0, 0.05) is 42.6 Å². The minimum atomic E-state index is -4.16. The second-order valence-corrected chi connectivity index (χ2v) is 12.6. The van der Waals surface area contributed by atoms with Crippen molar-refractivity contribution in [3.63, 3.8) is 0 Å². The van der Waals surface area contributed by atoms with Gasteiger partial charge in [0.15, 0.2) is 0 Å². The monoisotopic (exact) mass is 599 g/mol. The highest BCUT2D eigenvalue weighted by atomic mass is 35.5. The number of halogens is 3. The lowest BCUT2D eigenvalue weighted by Gasteiger charge is -2.31. The maximum absolute atomic E-state index is 13.8. The van der Waals surface area contributed by atoms with Gasteiger partial charge in [-0.1, -0.05) is 41.4 Å². The molecule has 3 aromatic rings. The van der Waals surface area contributed by atoms with Crippen molar-refractivity contribution < 1.29 is 22.3 Å². The molecule has 1 aliphatic rings. The first-order chi connectivity index (χ1) is 18.2. The quantitative estimate of drug-likeness (QED) is 0.318. The Morgan fingerprint density at radius 1 is 1.05 bits per heavy atom. The Balaban J connectivity index is 1.60. The summed E-state index contributed by atoms with van der Waals surface area (Å²) in [5.41, 5.74) is 0.733. The third-order valence-electron chi connectivity index (χ3n) is 6.16. The number of carbonyl (C=O) groups excluding carboxylic acids is 1. The van der Waals surface area contributed by atoms with Gasteiger partial charge in [-0.2, -0.15) is 4.31 Å². The van der Waals surface area contributed by atoms with Crippen LogP contribution in [0.25, 0.3) is 0 Å². The van der Waals surface area contributed by atoms with E-state index < -0.39 is 10.0 Å². The Bertz CT molecular complexity index is 1320. The predicted molar refractivity (Wildman–Crippen MR) is 147 cm³/mol. The minimum absolute atomic E-state index is 0.0278. The lowest BCUT2D eigenvalue weighted by molar-refractivity contribution is -0.132. The van der Waals surface area contributed by atoms with Crippen molar-refractivity contribution in [1.29, 1.82) is 0 Å². The average Bonchev–Trinajstić information content (AvgIpc) is 3.42. The van der Waals surface area contributed by atoms with Crippen molar-refractivity contribution in [3.05, 3.63) is 86.3 Å². The standard InChI is InChI=1S/C26H28Cl2FN3O4S2/c27-21-5-8-24(28)25(16-21)38(34,35)32(10-9-30-11-13-36-14-12-30)19-26(33)31(18-23-2-1-15-37-23)17-20-3-6-22(29)7-4-20/h1-8,15-16H,9-14,17-19H2. The molecule has 4 rings (SSSR count). The average molecular weight is 601 g/mol. The van der Waals surface area contributed by atoms with Gasteiger partial charge in [-0.25, -0.2) is 12.8 Å². The van der Waals surface area contributed by atoms with Gasteiger partial charge in [0.1, 0.15) is 10.7 Å². The number of ether oxygens (including phenoxy) is 1. The van der Waals surface area contributed by atoms with E-state index >= 15 is 0 Å². The number of rotatable bonds is 11. The first kappa shape index (κ1) is 28.9. The fraction of sp³-hybridized carbons (Fsp3) is 0.346. The van der Waals surface area contributed by atoms with Gasteiger partial charge >= 0.3 is 0 Å². The molecule has 0 radical (unpaired) electrons. The summed E-state index contributed by atoms with van der Waals surface area (Å²) in [6, 6.07) is 13.9. The molecule has 0 bridgehead atoms. The number of sulfonamides is 1.